The van der Waals surface area contributed by atoms with Crippen LogP contribution in [-0.4, -0.2) is 39.9 Å². The van der Waals surface area contributed by atoms with E-state index in [1.807, 2.05) is 57.2 Å². The number of rotatable bonds is 10. The van der Waals surface area contributed by atoms with Gasteiger partial charge in [-0.1, -0.05) is 12.1 Å². The first-order valence-electron chi connectivity index (χ1n) is 10.7. The molecule has 3 rings (SSSR count). The Labute approximate surface area is 188 Å². The molecule has 0 amide bonds. The number of unbranched alkanes of at least 4 members (excludes halogenated alkanes) is 1. The molecule has 0 aliphatic carbocycles. The molecule has 0 radical (unpaired) electrons. The second-order valence-electron chi connectivity index (χ2n) is 8.48. The maximum absolute atomic E-state index is 12.0. The molecule has 0 aliphatic heterocycles. The van der Waals surface area contributed by atoms with E-state index in [1.54, 1.807) is 24.0 Å². The van der Waals surface area contributed by atoms with Crippen LogP contribution >= 0.6 is 0 Å². The Balaban J connectivity index is 1.39. The number of hydrogen-bond donors (Lipinski definition) is 0. The van der Waals surface area contributed by atoms with Gasteiger partial charge in [-0.05, 0) is 80.8 Å². The summed E-state index contributed by atoms with van der Waals surface area (Å²) in [5.74, 6) is 1.60. The molecule has 8 nitrogen and oxygen atoms in total. The third-order valence-electron chi connectivity index (χ3n) is 4.71. The highest BCUT2D eigenvalue weighted by Crippen LogP contribution is 2.22. The van der Waals surface area contributed by atoms with Crippen molar-refractivity contribution in [3.63, 3.8) is 0 Å². The fourth-order valence-corrected chi connectivity index (χ4v) is 2.75. The van der Waals surface area contributed by atoms with Gasteiger partial charge in [-0.3, -0.25) is 4.79 Å². The van der Waals surface area contributed by atoms with E-state index in [0.717, 1.165) is 29.7 Å². The van der Waals surface area contributed by atoms with Crippen LogP contribution in [0.5, 0.6) is 11.5 Å². The summed E-state index contributed by atoms with van der Waals surface area (Å²) in [7, 11) is 1.65. The normalized spacial score (nSPS) is 11.4. The lowest BCUT2D eigenvalue weighted by atomic mass is 9.97. The van der Waals surface area contributed by atoms with E-state index >= 15 is 0 Å². The zero-order valence-corrected chi connectivity index (χ0v) is 19.1. The number of nitrogens with zero attached hydrogens (tertiary/aromatic N) is 4. The molecular weight excluding hydrogens is 408 g/mol. The maximum Gasteiger partial charge on any atom is 0.316 e. The molecule has 0 spiro atoms. The van der Waals surface area contributed by atoms with Crippen LogP contribution in [0.1, 0.15) is 39.2 Å². The van der Waals surface area contributed by atoms with Crippen molar-refractivity contribution in [1.82, 2.24) is 20.2 Å². The van der Waals surface area contributed by atoms with Crippen LogP contribution in [0.3, 0.4) is 0 Å². The fraction of sp³-hybridized carbons (Fsp3) is 0.417. The number of ether oxygens (including phenoxy) is 3. The van der Waals surface area contributed by atoms with Crippen molar-refractivity contribution in [3.05, 3.63) is 54.1 Å². The SMILES string of the molecule is COc1ccc(COCCCCn2nnc(-c3ccc(OC(=O)C(C)(C)C)cc3)n2)cc1. The Morgan fingerprint density at radius 3 is 2.31 bits per heavy atom. The molecule has 0 saturated carbocycles. The first-order valence-corrected chi connectivity index (χ1v) is 10.7. The van der Waals surface area contributed by atoms with Gasteiger partial charge in [0.05, 0.1) is 25.7 Å². The van der Waals surface area contributed by atoms with E-state index in [9.17, 15) is 4.79 Å². The molecule has 1 heterocycles. The first kappa shape index (κ1) is 23.4. The van der Waals surface area contributed by atoms with Gasteiger partial charge in [-0.2, -0.15) is 4.80 Å². The molecule has 0 bridgehead atoms. The van der Waals surface area contributed by atoms with Crippen molar-refractivity contribution in [2.45, 2.75) is 46.8 Å². The average molecular weight is 439 g/mol. The minimum absolute atomic E-state index is 0.276. The van der Waals surface area contributed by atoms with Gasteiger partial charge in [0.25, 0.3) is 0 Å². The van der Waals surface area contributed by atoms with Crippen molar-refractivity contribution < 1.29 is 19.0 Å². The van der Waals surface area contributed by atoms with E-state index in [-0.39, 0.29) is 5.97 Å². The Morgan fingerprint density at radius 2 is 1.66 bits per heavy atom. The number of methoxy groups -OCH3 is 1. The lowest BCUT2D eigenvalue weighted by molar-refractivity contribution is -0.142. The van der Waals surface area contributed by atoms with Gasteiger partial charge < -0.3 is 14.2 Å². The molecule has 2 aromatic carbocycles. The van der Waals surface area contributed by atoms with Gasteiger partial charge in [0.15, 0.2) is 0 Å². The van der Waals surface area contributed by atoms with E-state index in [1.165, 1.54) is 0 Å². The lowest BCUT2D eigenvalue weighted by Gasteiger charge is -2.16. The summed E-state index contributed by atoms with van der Waals surface area (Å²) in [6.07, 6.45) is 1.79. The Bertz CT molecular complexity index is 992. The molecule has 3 aromatic rings. The third-order valence-corrected chi connectivity index (χ3v) is 4.71. The van der Waals surface area contributed by atoms with Crippen LogP contribution in [0.25, 0.3) is 11.4 Å². The Hall–Kier alpha value is -3.26. The largest absolute Gasteiger partial charge is 0.497 e. The number of carbonyl (C=O) groups is 1. The van der Waals surface area contributed by atoms with Gasteiger partial charge in [0.1, 0.15) is 11.5 Å². The first-order chi connectivity index (χ1) is 15.3. The van der Waals surface area contributed by atoms with Crippen LogP contribution in [0.4, 0.5) is 0 Å². The lowest BCUT2D eigenvalue weighted by Crippen LogP contribution is -2.25. The van der Waals surface area contributed by atoms with Crippen molar-refractivity contribution in [2.75, 3.05) is 13.7 Å². The number of tetrazole rings is 1. The summed E-state index contributed by atoms with van der Waals surface area (Å²) >= 11 is 0. The number of carbonyl (C=O) groups excluding carboxylic acids is 1. The van der Waals surface area contributed by atoms with Gasteiger partial charge in [0.2, 0.25) is 5.82 Å². The standard InChI is InChI=1S/C24H30N4O4/c1-24(2,3)23(29)32-21-13-9-19(10-14-21)22-25-27-28(26-22)15-5-6-16-31-17-18-7-11-20(30-4)12-8-18/h7-14H,5-6,15-17H2,1-4H3. The summed E-state index contributed by atoms with van der Waals surface area (Å²) in [4.78, 5) is 13.6. The predicted octanol–water partition coefficient (Wildman–Crippen LogP) is 4.30. The zero-order chi connectivity index (χ0) is 23.0. The molecule has 0 atom stereocenters. The Morgan fingerprint density at radius 1 is 0.969 bits per heavy atom. The quantitative estimate of drug-likeness (QED) is 0.265. The minimum Gasteiger partial charge on any atom is -0.497 e. The van der Waals surface area contributed by atoms with Crippen LogP contribution in [-0.2, 0) is 22.7 Å². The van der Waals surface area contributed by atoms with Crippen LogP contribution in [0.15, 0.2) is 48.5 Å². The summed E-state index contributed by atoms with van der Waals surface area (Å²) in [5, 5.41) is 12.7. The number of aryl methyl sites for hydroxylation is 1. The zero-order valence-electron chi connectivity index (χ0n) is 19.1. The van der Waals surface area contributed by atoms with Crippen molar-refractivity contribution in [2.24, 2.45) is 5.41 Å². The van der Waals surface area contributed by atoms with Crippen LogP contribution in [0.2, 0.25) is 0 Å². The van der Waals surface area contributed by atoms with Crippen LogP contribution < -0.4 is 9.47 Å². The van der Waals surface area contributed by atoms with Crippen molar-refractivity contribution in [1.29, 1.82) is 0 Å². The van der Waals surface area contributed by atoms with Crippen molar-refractivity contribution in [3.8, 4) is 22.9 Å². The van der Waals surface area contributed by atoms with Crippen molar-refractivity contribution >= 4 is 5.97 Å². The average Bonchev–Trinajstić information content (AvgIpc) is 3.25. The number of benzene rings is 2. The second kappa shape index (κ2) is 10.9. The fourth-order valence-electron chi connectivity index (χ4n) is 2.75. The molecule has 0 saturated heterocycles. The monoisotopic (exact) mass is 438 g/mol. The van der Waals surface area contributed by atoms with E-state index in [4.69, 9.17) is 14.2 Å². The summed E-state index contributed by atoms with van der Waals surface area (Å²) in [5.41, 5.74) is 1.38. The van der Waals surface area contributed by atoms with Gasteiger partial charge in [-0.15, -0.1) is 10.2 Å². The predicted molar refractivity (Wildman–Crippen MR) is 120 cm³/mol. The molecule has 170 valence electrons. The third kappa shape index (κ3) is 6.88. The number of esters is 1. The highest BCUT2D eigenvalue weighted by molar-refractivity contribution is 5.78. The van der Waals surface area contributed by atoms with Crippen LogP contribution in [0, 0.1) is 5.41 Å². The molecule has 0 unspecified atom stereocenters. The highest BCUT2D eigenvalue weighted by atomic mass is 16.5. The van der Waals surface area contributed by atoms with Gasteiger partial charge in [0, 0.05) is 12.2 Å². The molecule has 0 aliphatic rings. The molecule has 8 heteroatoms. The number of aromatic nitrogens is 4. The summed E-state index contributed by atoms with van der Waals surface area (Å²) in [6, 6.07) is 15.0. The maximum atomic E-state index is 12.0. The van der Waals surface area contributed by atoms with E-state index in [2.05, 4.69) is 15.4 Å². The number of hydrogen-bond acceptors (Lipinski definition) is 7. The molecule has 32 heavy (non-hydrogen) atoms. The second-order valence-corrected chi connectivity index (χ2v) is 8.48. The highest BCUT2D eigenvalue weighted by Gasteiger charge is 2.23. The Kier molecular flexibility index (Phi) is 7.94. The molecule has 0 N–H and O–H groups in total. The van der Waals surface area contributed by atoms with E-state index in [0.29, 0.717) is 31.3 Å². The molecule has 1 aromatic heterocycles. The summed E-state index contributed by atoms with van der Waals surface area (Å²) in [6.45, 7) is 7.37. The van der Waals surface area contributed by atoms with Gasteiger partial charge >= 0.3 is 5.97 Å². The molecular formula is C24H30N4O4. The minimum atomic E-state index is -0.552. The summed E-state index contributed by atoms with van der Waals surface area (Å²) < 4.78 is 16.3. The van der Waals surface area contributed by atoms with E-state index < -0.39 is 5.41 Å². The topological polar surface area (TPSA) is 88.4 Å². The smallest absolute Gasteiger partial charge is 0.316 e. The van der Waals surface area contributed by atoms with Gasteiger partial charge in [-0.25, -0.2) is 0 Å². The molecule has 0 fully saturated rings.